The normalized spacial score (nSPS) is 11.9. The summed E-state index contributed by atoms with van der Waals surface area (Å²) in [4.78, 5) is 14.2. The predicted octanol–water partition coefficient (Wildman–Crippen LogP) is 11.9. The van der Waals surface area contributed by atoms with Crippen molar-refractivity contribution in [2.75, 3.05) is 0 Å². The van der Waals surface area contributed by atoms with E-state index in [1.54, 1.807) is 0 Å². The van der Waals surface area contributed by atoms with Crippen molar-refractivity contribution in [1.29, 1.82) is 0 Å². The average molecular weight is 914 g/mol. The number of hydrogen-bond acceptors (Lipinski definition) is 4. The molecule has 0 N–H and O–H groups in total. The first-order valence-corrected chi connectivity index (χ1v) is 22.4. The molecular weight excluding hydrogens is 867 g/mol. The van der Waals surface area contributed by atoms with Crippen molar-refractivity contribution in [1.82, 2.24) is 15.0 Å². The second-order valence-corrected chi connectivity index (χ2v) is 20.5. The number of fused-ring (bicyclic) bond motifs is 3. The second kappa shape index (κ2) is 17.6. The first-order valence-electron chi connectivity index (χ1n) is 18.9. The Kier molecular flexibility index (Phi) is 12.7. The molecule has 1 unspecified atom stereocenters. The Hall–Kier alpha value is -5.00. The molecule has 4 aromatic heterocycles. The Labute approximate surface area is 340 Å². The van der Waals surface area contributed by atoms with E-state index >= 15 is 0 Å². The molecule has 0 fully saturated rings. The average Bonchev–Trinajstić information content (AvgIpc) is 3.56. The fourth-order valence-corrected chi connectivity index (χ4v) is 8.61. The number of nitrogens with zero attached hydrogens (tertiary/aromatic N) is 3. The summed E-state index contributed by atoms with van der Waals surface area (Å²) < 4.78 is 6.32. The van der Waals surface area contributed by atoms with Gasteiger partial charge in [-0.05, 0) is 63.8 Å². The minimum Gasteiger partial charge on any atom is -0.486 e. The van der Waals surface area contributed by atoms with E-state index in [0.29, 0.717) is 11.6 Å². The van der Waals surface area contributed by atoms with Crippen molar-refractivity contribution in [3.8, 4) is 22.5 Å². The second-order valence-electron chi connectivity index (χ2n) is 15.5. The van der Waals surface area contributed by atoms with E-state index in [1.807, 2.05) is 48.7 Å². The SMILES string of the molecule is CC(C)Cc1cc(-c2[c-]cccc2)ncc1[Si](C)(C)C.CC(c1ccccc1)c1ccnc(-c2[c-]ccc3c2oc2nc(Cc4ccccc4)ccc23)c1.[Ir]. The van der Waals surface area contributed by atoms with Gasteiger partial charge in [0.15, 0.2) is 0 Å². The maximum Gasteiger partial charge on any atom is 0.216 e. The molecule has 1 radical (unpaired) electrons. The molecule has 0 aliphatic heterocycles. The Bertz CT molecular complexity index is 2470. The molecule has 0 amide bonds. The summed E-state index contributed by atoms with van der Waals surface area (Å²) in [6.45, 7) is 14.0. The van der Waals surface area contributed by atoms with Gasteiger partial charge in [-0.2, -0.15) is 0 Å². The van der Waals surface area contributed by atoms with E-state index < -0.39 is 8.07 Å². The monoisotopic (exact) mass is 914 g/mol. The zero-order chi connectivity index (χ0) is 37.7. The zero-order valence-electron chi connectivity index (χ0n) is 32.4. The van der Waals surface area contributed by atoms with Gasteiger partial charge in [0, 0.05) is 55.9 Å². The van der Waals surface area contributed by atoms with Crippen molar-refractivity contribution in [2.45, 2.75) is 59.2 Å². The minimum atomic E-state index is -1.34. The molecule has 55 heavy (non-hydrogen) atoms. The molecule has 8 rings (SSSR count). The molecular formula is C49H47IrN3OSi-2. The van der Waals surface area contributed by atoms with Crippen molar-refractivity contribution in [3.63, 3.8) is 0 Å². The Morgan fingerprint density at radius 3 is 2.15 bits per heavy atom. The van der Waals surface area contributed by atoms with Crippen molar-refractivity contribution >= 4 is 35.3 Å². The minimum absolute atomic E-state index is 0. The van der Waals surface area contributed by atoms with Crippen LogP contribution in [0.15, 0.2) is 144 Å². The number of rotatable bonds is 9. The third-order valence-corrected chi connectivity index (χ3v) is 11.9. The van der Waals surface area contributed by atoms with E-state index in [1.165, 1.54) is 27.4 Å². The molecule has 0 aliphatic carbocycles. The predicted molar refractivity (Wildman–Crippen MR) is 227 cm³/mol. The van der Waals surface area contributed by atoms with E-state index in [2.05, 4.69) is 154 Å². The van der Waals surface area contributed by atoms with Gasteiger partial charge >= 0.3 is 0 Å². The molecule has 8 aromatic rings. The van der Waals surface area contributed by atoms with Gasteiger partial charge in [0.25, 0.3) is 0 Å². The molecule has 1 atom stereocenters. The van der Waals surface area contributed by atoms with Crippen LogP contribution < -0.4 is 5.19 Å². The van der Waals surface area contributed by atoms with Crippen LogP contribution in [0, 0.1) is 18.1 Å². The first-order chi connectivity index (χ1) is 26.1. The first kappa shape index (κ1) is 39.7. The summed E-state index contributed by atoms with van der Waals surface area (Å²) in [7, 11) is -1.34. The van der Waals surface area contributed by atoms with E-state index in [4.69, 9.17) is 9.40 Å². The summed E-state index contributed by atoms with van der Waals surface area (Å²) in [5.74, 6) is 0.931. The topological polar surface area (TPSA) is 51.8 Å². The molecule has 0 saturated carbocycles. The van der Waals surface area contributed by atoms with Gasteiger partial charge in [-0.15, -0.1) is 54.1 Å². The van der Waals surface area contributed by atoms with Gasteiger partial charge in [-0.1, -0.05) is 130 Å². The molecule has 4 aromatic carbocycles. The van der Waals surface area contributed by atoms with Gasteiger partial charge in [0.1, 0.15) is 0 Å². The van der Waals surface area contributed by atoms with Crippen LogP contribution in [0.3, 0.4) is 0 Å². The van der Waals surface area contributed by atoms with Crippen LogP contribution in [0.25, 0.3) is 44.6 Å². The fraction of sp³-hybridized carbons (Fsp3) is 0.204. The molecule has 0 saturated heterocycles. The van der Waals surface area contributed by atoms with Crippen LogP contribution in [-0.2, 0) is 32.9 Å². The standard InChI is InChI=1S/C31H23N2O.C18H24NSi.Ir/c1-21(23-11-6-3-7-12-23)24-17-18-32-29(20-24)28-14-8-13-26-27-16-15-25(33-31(27)34-30(26)28)19-22-9-4-2-5-10-22;1-14(2)11-16-12-17(15-9-7-6-8-10-15)19-13-18(16)20(3,4)5;/h2-13,15-18,20-21H,19H2,1H3;6-9,12-14H,11H2,1-5H3;/q2*-1;. The summed E-state index contributed by atoms with van der Waals surface area (Å²) in [5.41, 5.74) is 11.5. The van der Waals surface area contributed by atoms with Crippen LogP contribution in [0.1, 0.15) is 54.6 Å². The van der Waals surface area contributed by atoms with Crippen molar-refractivity contribution in [3.05, 3.63) is 180 Å². The molecule has 279 valence electrons. The van der Waals surface area contributed by atoms with Crippen LogP contribution in [0.5, 0.6) is 0 Å². The van der Waals surface area contributed by atoms with Gasteiger partial charge < -0.3 is 14.4 Å². The van der Waals surface area contributed by atoms with Gasteiger partial charge in [-0.3, -0.25) is 0 Å². The van der Waals surface area contributed by atoms with E-state index in [9.17, 15) is 0 Å². The molecule has 4 heterocycles. The quantitative estimate of drug-likeness (QED) is 0.107. The van der Waals surface area contributed by atoms with Crippen molar-refractivity contribution < 1.29 is 24.5 Å². The molecule has 4 nitrogen and oxygen atoms in total. The Morgan fingerprint density at radius 1 is 0.691 bits per heavy atom. The maximum atomic E-state index is 6.32. The molecule has 0 bridgehead atoms. The Balaban J connectivity index is 0.000000211. The van der Waals surface area contributed by atoms with E-state index in [-0.39, 0.29) is 26.0 Å². The van der Waals surface area contributed by atoms with Gasteiger partial charge in [0.05, 0.1) is 13.7 Å². The summed E-state index contributed by atoms with van der Waals surface area (Å²) in [5, 5.41) is 3.53. The summed E-state index contributed by atoms with van der Waals surface area (Å²) in [6, 6.07) is 50.3. The van der Waals surface area contributed by atoms with Gasteiger partial charge in [-0.25, -0.2) is 4.98 Å². The van der Waals surface area contributed by atoms with Crippen molar-refractivity contribution in [2.24, 2.45) is 5.92 Å². The van der Waals surface area contributed by atoms with Crippen LogP contribution in [0.4, 0.5) is 0 Å². The number of aromatic nitrogens is 3. The molecule has 6 heteroatoms. The number of furan rings is 1. The smallest absolute Gasteiger partial charge is 0.216 e. The third-order valence-electron chi connectivity index (χ3n) is 9.83. The number of pyridine rings is 3. The Morgan fingerprint density at radius 2 is 1.44 bits per heavy atom. The van der Waals surface area contributed by atoms with Gasteiger partial charge in [0.2, 0.25) is 5.71 Å². The zero-order valence-corrected chi connectivity index (χ0v) is 35.8. The molecule has 0 aliphatic rings. The maximum absolute atomic E-state index is 6.32. The number of benzene rings is 4. The van der Waals surface area contributed by atoms with Crippen LogP contribution >= 0.6 is 0 Å². The van der Waals surface area contributed by atoms with E-state index in [0.717, 1.165) is 57.4 Å². The largest absolute Gasteiger partial charge is 0.486 e. The molecule has 0 spiro atoms. The fourth-order valence-electron chi connectivity index (χ4n) is 7.02. The summed E-state index contributed by atoms with van der Waals surface area (Å²) in [6.07, 6.45) is 5.88. The summed E-state index contributed by atoms with van der Waals surface area (Å²) >= 11 is 0. The third kappa shape index (κ3) is 9.45. The van der Waals surface area contributed by atoms with Crippen LogP contribution in [0.2, 0.25) is 19.6 Å². The number of hydrogen-bond donors (Lipinski definition) is 0. The van der Waals surface area contributed by atoms with Crippen LogP contribution in [-0.4, -0.2) is 23.0 Å².